The van der Waals surface area contributed by atoms with E-state index >= 15 is 0 Å². The molecule has 2 atom stereocenters. The predicted octanol–water partition coefficient (Wildman–Crippen LogP) is 3.20. The zero-order valence-electron chi connectivity index (χ0n) is 13.0. The van der Waals surface area contributed by atoms with Gasteiger partial charge in [0.1, 0.15) is 6.61 Å². The van der Waals surface area contributed by atoms with Gasteiger partial charge in [0, 0.05) is 0 Å². The van der Waals surface area contributed by atoms with Crippen LogP contribution in [0.5, 0.6) is 11.5 Å². The fourth-order valence-corrected chi connectivity index (χ4v) is 2.13. The van der Waals surface area contributed by atoms with Crippen LogP contribution in [-0.2, 0) is 6.61 Å². The van der Waals surface area contributed by atoms with Gasteiger partial charge in [-0.1, -0.05) is 36.4 Å². The van der Waals surface area contributed by atoms with Crippen molar-refractivity contribution in [2.24, 2.45) is 5.73 Å². The lowest BCUT2D eigenvalue weighted by Gasteiger charge is -2.22. The number of halogens is 3. The highest BCUT2D eigenvalue weighted by molar-refractivity contribution is 5.44. The molecule has 0 aliphatic carbocycles. The lowest BCUT2D eigenvalue weighted by atomic mass is 10.0. The summed E-state index contributed by atoms with van der Waals surface area (Å²) in [7, 11) is 1.43. The topological polar surface area (TPSA) is 64.7 Å². The normalized spacial score (nSPS) is 14.1. The molecule has 4 nitrogen and oxygen atoms in total. The molecule has 0 heterocycles. The lowest BCUT2D eigenvalue weighted by Crippen LogP contribution is -2.38. The minimum Gasteiger partial charge on any atom is -0.493 e. The Morgan fingerprint density at radius 2 is 1.75 bits per heavy atom. The Balaban J connectivity index is 2.21. The highest BCUT2D eigenvalue weighted by Crippen LogP contribution is 2.34. The van der Waals surface area contributed by atoms with Gasteiger partial charge in [-0.2, -0.15) is 13.2 Å². The minimum atomic E-state index is -4.80. The van der Waals surface area contributed by atoms with Gasteiger partial charge >= 0.3 is 6.18 Å². The Kier molecular flexibility index (Phi) is 5.69. The van der Waals surface area contributed by atoms with E-state index in [4.69, 9.17) is 15.2 Å². The number of aliphatic hydroxyl groups is 1. The summed E-state index contributed by atoms with van der Waals surface area (Å²) in [5.41, 5.74) is 6.52. The van der Waals surface area contributed by atoms with Crippen LogP contribution >= 0.6 is 0 Å². The first-order valence-electron chi connectivity index (χ1n) is 7.18. The number of hydrogen-bond acceptors (Lipinski definition) is 4. The Bertz CT molecular complexity index is 662. The van der Waals surface area contributed by atoms with Crippen molar-refractivity contribution >= 4 is 0 Å². The maximum absolute atomic E-state index is 12.6. The maximum atomic E-state index is 12.6. The van der Waals surface area contributed by atoms with Gasteiger partial charge in [-0.25, -0.2) is 0 Å². The Morgan fingerprint density at radius 3 is 2.33 bits per heavy atom. The van der Waals surface area contributed by atoms with E-state index in [0.717, 1.165) is 5.56 Å². The van der Waals surface area contributed by atoms with Crippen molar-refractivity contribution in [2.75, 3.05) is 7.11 Å². The molecule has 0 unspecified atom stereocenters. The SMILES string of the molecule is COc1ccc([C@@H](N)[C@@H](O)C(F)(F)F)cc1OCc1ccccc1. The summed E-state index contributed by atoms with van der Waals surface area (Å²) in [6, 6.07) is 11.8. The van der Waals surface area contributed by atoms with E-state index in [1.165, 1.54) is 25.3 Å². The molecule has 0 saturated heterocycles. The first-order chi connectivity index (χ1) is 11.3. The molecule has 2 aromatic carbocycles. The molecule has 0 aromatic heterocycles. The molecule has 2 aromatic rings. The molecule has 0 amide bonds. The molecule has 0 aliphatic rings. The predicted molar refractivity (Wildman–Crippen MR) is 82.8 cm³/mol. The molecule has 0 radical (unpaired) electrons. The van der Waals surface area contributed by atoms with E-state index < -0.39 is 18.3 Å². The summed E-state index contributed by atoms with van der Waals surface area (Å²) in [6.45, 7) is 0.220. The zero-order chi connectivity index (χ0) is 17.7. The third kappa shape index (κ3) is 4.39. The standard InChI is InChI=1S/C17H18F3NO3/c1-23-13-8-7-12(15(21)16(22)17(18,19)20)9-14(13)24-10-11-5-3-2-4-6-11/h2-9,15-16,22H,10,21H2,1H3/t15-,16-/m1/s1. The summed E-state index contributed by atoms with van der Waals surface area (Å²) >= 11 is 0. The van der Waals surface area contributed by atoms with Crippen molar-refractivity contribution < 1.29 is 27.8 Å². The van der Waals surface area contributed by atoms with Crippen LogP contribution in [0.4, 0.5) is 13.2 Å². The summed E-state index contributed by atoms with van der Waals surface area (Å²) in [6.07, 6.45) is -7.46. The minimum absolute atomic E-state index is 0.101. The largest absolute Gasteiger partial charge is 0.493 e. The van der Waals surface area contributed by atoms with Gasteiger partial charge in [-0.05, 0) is 23.3 Å². The molecule has 0 spiro atoms. The van der Waals surface area contributed by atoms with Crippen LogP contribution in [0.15, 0.2) is 48.5 Å². The molecule has 3 N–H and O–H groups in total. The molecule has 24 heavy (non-hydrogen) atoms. The van der Waals surface area contributed by atoms with Crippen LogP contribution in [0, 0.1) is 0 Å². The third-order valence-electron chi connectivity index (χ3n) is 3.49. The van der Waals surface area contributed by atoms with Gasteiger partial charge in [-0.3, -0.25) is 0 Å². The zero-order valence-corrected chi connectivity index (χ0v) is 13.0. The highest BCUT2D eigenvalue weighted by atomic mass is 19.4. The number of methoxy groups -OCH3 is 1. The fraction of sp³-hybridized carbons (Fsp3) is 0.294. The van der Waals surface area contributed by atoms with Crippen molar-refractivity contribution in [1.82, 2.24) is 0 Å². The van der Waals surface area contributed by atoms with Gasteiger partial charge in [-0.15, -0.1) is 0 Å². The van der Waals surface area contributed by atoms with Crippen molar-refractivity contribution in [1.29, 1.82) is 0 Å². The van der Waals surface area contributed by atoms with Gasteiger partial charge in [0.2, 0.25) is 0 Å². The van der Waals surface area contributed by atoms with E-state index in [2.05, 4.69) is 0 Å². The lowest BCUT2D eigenvalue weighted by molar-refractivity contribution is -0.210. The smallest absolute Gasteiger partial charge is 0.416 e. The Morgan fingerprint density at radius 1 is 1.08 bits per heavy atom. The van der Waals surface area contributed by atoms with Crippen LogP contribution in [-0.4, -0.2) is 24.5 Å². The molecular weight excluding hydrogens is 323 g/mol. The van der Waals surface area contributed by atoms with E-state index in [0.29, 0.717) is 5.75 Å². The van der Waals surface area contributed by atoms with Crippen LogP contribution < -0.4 is 15.2 Å². The average molecular weight is 341 g/mol. The van der Waals surface area contributed by atoms with Crippen LogP contribution in [0.3, 0.4) is 0 Å². The summed E-state index contributed by atoms with van der Waals surface area (Å²) < 4.78 is 48.6. The van der Waals surface area contributed by atoms with Crippen molar-refractivity contribution in [3.63, 3.8) is 0 Å². The van der Waals surface area contributed by atoms with Gasteiger partial charge in [0.25, 0.3) is 0 Å². The summed E-state index contributed by atoms with van der Waals surface area (Å²) in [5.74, 6) is 0.618. The molecule has 0 bridgehead atoms. The first-order valence-corrected chi connectivity index (χ1v) is 7.18. The van der Waals surface area contributed by atoms with Gasteiger partial charge in [0.15, 0.2) is 17.6 Å². The summed E-state index contributed by atoms with van der Waals surface area (Å²) in [5, 5.41) is 9.31. The number of rotatable bonds is 6. The van der Waals surface area contributed by atoms with E-state index in [1.54, 1.807) is 0 Å². The first kappa shape index (κ1) is 18.1. The second kappa shape index (κ2) is 7.55. The number of benzene rings is 2. The molecule has 0 fully saturated rings. The monoisotopic (exact) mass is 341 g/mol. The third-order valence-corrected chi connectivity index (χ3v) is 3.49. The number of alkyl halides is 3. The molecule has 0 saturated carbocycles. The van der Waals surface area contributed by atoms with Crippen LogP contribution in [0.2, 0.25) is 0 Å². The van der Waals surface area contributed by atoms with E-state index in [9.17, 15) is 18.3 Å². The highest BCUT2D eigenvalue weighted by Gasteiger charge is 2.42. The molecule has 2 rings (SSSR count). The summed E-state index contributed by atoms with van der Waals surface area (Å²) in [4.78, 5) is 0. The van der Waals surface area contributed by atoms with Gasteiger partial charge in [0.05, 0.1) is 13.2 Å². The number of aliphatic hydroxyl groups excluding tert-OH is 1. The second-order valence-corrected chi connectivity index (χ2v) is 5.20. The maximum Gasteiger partial charge on any atom is 0.416 e. The second-order valence-electron chi connectivity index (χ2n) is 5.20. The Hall–Kier alpha value is -2.25. The molecular formula is C17H18F3NO3. The average Bonchev–Trinajstić information content (AvgIpc) is 2.58. The fourth-order valence-electron chi connectivity index (χ4n) is 2.13. The van der Waals surface area contributed by atoms with Crippen molar-refractivity contribution in [3.05, 3.63) is 59.7 Å². The number of nitrogens with two attached hydrogens (primary N) is 1. The van der Waals surface area contributed by atoms with E-state index in [1.807, 2.05) is 30.3 Å². The number of hydrogen-bond donors (Lipinski definition) is 2. The quantitative estimate of drug-likeness (QED) is 0.847. The van der Waals surface area contributed by atoms with Gasteiger partial charge < -0.3 is 20.3 Å². The molecule has 0 aliphatic heterocycles. The Labute approximate surface area is 137 Å². The van der Waals surface area contributed by atoms with Crippen molar-refractivity contribution in [3.8, 4) is 11.5 Å². The van der Waals surface area contributed by atoms with Crippen LogP contribution in [0.25, 0.3) is 0 Å². The number of ether oxygens (including phenoxy) is 2. The van der Waals surface area contributed by atoms with Crippen molar-refractivity contribution in [2.45, 2.75) is 24.9 Å². The van der Waals surface area contributed by atoms with Crippen LogP contribution in [0.1, 0.15) is 17.2 Å². The van der Waals surface area contributed by atoms with E-state index in [-0.39, 0.29) is 17.9 Å². The molecule has 130 valence electrons. The molecule has 7 heteroatoms.